The van der Waals surface area contributed by atoms with Crippen LogP contribution in [0.3, 0.4) is 0 Å². The third-order valence-corrected chi connectivity index (χ3v) is 20.7. The minimum absolute atomic E-state index is 0.0258. The first kappa shape index (κ1) is 101. The number of esters is 4. The molecule has 19 heteroatoms. The van der Waals surface area contributed by atoms with Crippen LogP contribution in [0, 0.1) is 0 Å². The van der Waals surface area contributed by atoms with Crippen molar-refractivity contribution in [2.24, 2.45) is 0 Å². The van der Waals surface area contributed by atoms with E-state index in [9.17, 15) is 43.2 Å². The van der Waals surface area contributed by atoms with E-state index in [1.54, 1.807) is 0 Å². The third kappa shape index (κ3) is 77.2. The van der Waals surface area contributed by atoms with Crippen molar-refractivity contribution in [1.29, 1.82) is 0 Å². The molecule has 104 heavy (non-hydrogen) atoms. The first-order chi connectivity index (χ1) is 50.7. The zero-order chi connectivity index (χ0) is 76.0. The number of carbonyl (C=O) groups excluding carboxylic acids is 4. The lowest BCUT2D eigenvalue weighted by molar-refractivity contribution is -0.161. The summed E-state index contributed by atoms with van der Waals surface area (Å²) in [4.78, 5) is 73.2. The summed E-state index contributed by atoms with van der Waals surface area (Å²) in [5.41, 5.74) is 0. The van der Waals surface area contributed by atoms with Gasteiger partial charge in [0.05, 0.1) is 26.4 Å². The Kier molecular flexibility index (Phi) is 75.9. The van der Waals surface area contributed by atoms with Gasteiger partial charge in [-0.15, -0.1) is 0 Å². The van der Waals surface area contributed by atoms with Crippen LogP contribution in [0.25, 0.3) is 0 Å². The molecule has 0 aromatic carbocycles. The Bertz CT molecular complexity index is 2150. The van der Waals surface area contributed by atoms with Crippen LogP contribution >= 0.6 is 15.6 Å². The Morgan fingerprint density at radius 1 is 0.269 bits per heavy atom. The number of aliphatic hydroxyl groups is 1. The van der Waals surface area contributed by atoms with Gasteiger partial charge in [0.1, 0.15) is 19.3 Å². The predicted molar refractivity (Wildman–Crippen MR) is 427 cm³/mol. The van der Waals surface area contributed by atoms with Crippen molar-refractivity contribution in [2.75, 3.05) is 39.6 Å². The van der Waals surface area contributed by atoms with Crippen molar-refractivity contribution in [1.82, 2.24) is 0 Å². The second-order valence-electron chi connectivity index (χ2n) is 29.2. The summed E-state index contributed by atoms with van der Waals surface area (Å²) in [6, 6.07) is 0. The van der Waals surface area contributed by atoms with Gasteiger partial charge in [-0.05, 0) is 64.2 Å². The molecule has 0 aromatic rings. The maximum atomic E-state index is 13.1. The summed E-state index contributed by atoms with van der Waals surface area (Å²) < 4.78 is 68.8. The van der Waals surface area contributed by atoms with E-state index in [-0.39, 0.29) is 25.7 Å². The SMILES string of the molecule is CCCCC/C=C\C/C=C\C/C=C\C/C=C\CCCC(=O)O[C@H](COC(=O)CCCCCCCCCCCCCCCCC)COP(=O)(O)OC[C@@H](O)COP(=O)(O)OC[C@@H](COC(=O)CCCCCCCCCCCCCCCCCCC)OC(=O)CCCCCCCCCCCCCCCCC. The molecule has 0 aromatic heterocycles. The van der Waals surface area contributed by atoms with E-state index in [2.05, 4.69) is 64.2 Å². The number of unbranched alkanes of at least 4 members (excludes halogenated alkanes) is 48. The molecule has 0 saturated heterocycles. The third-order valence-electron chi connectivity index (χ3n) is 18.8. The zero-order valence-electron chi connectivity index (χ0n) is 67.0. The number of rotatable bonds is 82. The average Bonchev–Trinajstić information content (AvgIpc) is 1.07. The van der Waals surface area contributed by atoms with Crippen molar-refractivity contribution in [3.63, 3.8) is 0 Å². The highest BCUT2D eigenvalue weighted by Gasteiger charge is 2.30. The van der Waals surface area contributed by atoms with Crippen LogP contribution in [0.4, 0.5) is 0 Å². The summed E-state index contributed by atoms with van der Waals surface area (Å²) >= 11 is 0. The van der Waals surface area contributed by atoms with Crippen LogP contribution in [0.1, 0.15) is 413 Å². The van der Waals surface area contributed by atoms with Crippen LogP contribution in [0.15, 0.2) is 48.6 Å². The number of hydrogen-bond acceptors (Lipinski definition) is 15. The molecule has 0 radical (unpaired) electrons. The lowest BCUT2D eigenvalue weighted by Gasteiger charge is -2.21. The molecular weight excluding hydrogens is 1350 g/mol. The van der Waals surface area contributed by atoms with Gasteiger partial charge in [0, 0.05) is 25.7 Å². The second-order valence-corrected chi connectivity index (χ2v) is 32.1. The average molecular weight is 1510 g/mol. The number of ether oxygens (including phenoxy) is 4. The summed E-state index contributed by atoms with van der Waals surface area (Å²) in [7, 11) is -9.96. The highest BCUT2D eigenvalue weighted by atomic mass is 31.2. The monoisotopic (exact) mass is 1510 g/mol. The molecule has 0 amide bonds. The molecule has 17 nitrogen and oxygen atoms in total. The Balaban J connectivity index is 5.35. The molecule has 0 aliphatic rings. The van der Waals surface area contributed by atoms with Crippen LogP contribution < -0.4 is 0 Å². The van der Waals surface area contributed by atoms with Gasteiger partial charge in [-0.3, -0.25) is 37.3 Å². The maximum absolute atomic E-state index is 13.1. The zero-order valence-corrected chi connectivity index (χ0v) is 68.8. The van der Waals surface area contributed by atoms with Gasteiger partial charge in [0.15, 0.2) is 12.2 Å². The van der Waals surface area contributed by atoms with E-state index in [0.29, 0.717) is 32.1 Å². The number of allylic oxidation sites excluding steroid dienone is 8. The predicted octanol–water partition coefficient (Wildman–Crippen LogP) is 25.2. The smallest absolute Gasteiger partial charge is 0.462 e. The Labute approximate surface area is 636 Å². The van der Waals surface area contributed by atoms with E-state index in [4.69, 9.17) is 37.0 Å². The first-order valence-corrected chi connectivity index (χ1v) is 45.9. The van der Waals surface area contributed by atoms with Crippen molar-refractivity contribution >= 4 is 39.5 Å². The molecule has 0 bridgehead atoms. The molecule has 0 fully saturated rings. The number of carbonyl (C=O) groups is 4. The van der Waals surface area contributed by atoms with Crippen molar-refractivity contribution < 1.29 is 80.2 Å². The molecule has 5 atom stereocenters. The second kappa shape index (κ2) is 78.2. The highest BCUT2D eigenvalue weighted by molar-refractivity contribution is 7.47. The lowest BCUT2D eigenvalue weighted by Crippen LogP contribution is -2.30. The standard InChI is InChI=1S/C85H158O17P2/c1-5-9-13-17-21-25-29-33-37-39-43-46-50-54-58-62-66-70-83(88)96-76-80(101-84(89)71-67-63-59-55-51-47-42-36-32-28-24-20-16-12-8-4)77-99-103(91,92)97-73-79(86)74-98-104(93,94)100-78-81(75-95-82(87)69-65-61-57-53-49-45-41-35-31-27-23-19-15-11-7-3)102-85(90)72-68-64-60-56-52-48-44-40-38-34-30-26-22-18-14-10-6-2/h22,26,34,38,44,48,56,60,79-81,86H,5-21,23-25,27-33,35-37,39-43,45-47,49-55,57-59,61-78H2,1-4H3,(H,91,92)(H,93,94)/b26-22-,38-34-,48-44-,60-56-/t79-,80+,81+/m0/s1. The van der Waals surface area contributed by atoms with Crippen LogP contribution in [-0.4, -0.2) is 96.7 Å². The van der Waals surface area contributed by atoms with Crippen molar-refractivity contribution in [3.8, 4) is 0 Å². The molecule has 0 saturated carbocycles. The minimum Gasteiger partial charge on any atom is -0.462 e. The molecular formula is C85H158O17P2. The van der Waals surface area contributed by atoms with Gasteiger partial charge in [-0.2, -0.15) is 0 Å². The molecule has 0 spiro atoms. The Morgan fingerprint density at radius 2 is 0.481 bits per heavy atom. The first-order valence-electron chi connectivity index (χ1n) is 42.9. The van der Waals surface area contributed by atoms with Gasteiger partial charge in [0.2, 0.25) is 0 Å². The van der Waals surface area contributed by atoms with E-state index in [1.807, 2.05) is 12.2 Å². The summed E-state index contributed by atoms with van der Waals surface area (Å²) in [5.74, 6) is -2.19. The molecule has 0 rings (SSSR count). The number of phosphoric ester groups is 2. The van der Waals surface area contributed by atoms with Gasteiger partial charge < -0.3 is 33.8 Å². The van der Waals surface area contributed by atoms with Gasteiger partial charge in [-0.25, -0.2) is 9.13 Å². The lowest BCUT2D eigenvalue weighted by atomic mass is 10.0. The highest BCUT2D eigenvalue weighted by Crippen LogP contribution is 2.45. The fourth-order valence-corrected chi connectivity index (χ4v) is 13.9. The van der Waals surface area contributed by atoms with E-state index >= 15 is 0 Å². The van der Waals surface area contributed by atoms with E-state index < -0.39 is 97.5 Å². The molecule has 0 aliphatic heterocycles. The normalized spacial score (nSPS) is 14.0. The van der Waals surface area contributed by atoms with Crippen LogP contribution in [0.5, 0.6) is 0 Å². The maximum Gasteiger partial charge on any atom is 0.472 e. The van der Waals surface area contributed by atoms with Gasteiger partial charge >= 0.3 is 39.5 Å². The van der Waals surface area contributed by atoms with Crippen LogP contribution in [0.2, 0.25) is 0 Å². The van der Waals surface area contributed by atoms with E-state index in [0.717, 1.165) is 89.9 Å². The van der Waals surface area contributed by atoms with E-state index in [1.165, 1.54) is 238 Å². The molecule has 0 heterocycles. The fraction of sp³-hybridized carbons (Fsp3) is 0.859. The largest absolute Gasteiger partial charge is 0.472 e. The van der Waals surface area contributed by atoms with Gasteiger partial charge in [-0.1, -0.05) is 372 Å². The molecule has 610 valence electrons. The Hall–Kier alpha value is -2.98. The minimum atomic E-state index is -4.98. The Morgan fingerprint density at radius 3 is 0.760 bits per heavy atom. The summed E-state index contributed by atoms with van der Waals surface area (Å²) in [6.45, 7) is 4.91. The quantitative estimate of drug-likeness (QED) is 0.0169. The number of aliphatic hydroxyl groups excluding tert-OH is 1. The topological polar surface area (TPSA) is 237 Å². The van der Waals surface area contributed by atoms with Crippen molar-refractivity contribution in [3.05, 3.63) is 48.6 Å². The number of hydrogen-bond donors (Lipinski definition) is 3. The molecule has 0 aliphatic carbocycles. The fourth-order valence-electron chi connectivity index (χ4n) is 12.3. The van der Waals surface area contributed by atoms with Crippen LogP contribution in [-0.2, 0) is 65.4 Å². The van der Waals surface area contributed by atoms with Gasteiger partial charge in [0.25, 0.3) is 0 Å². The van der Waals surface area contributed by atoms with Crippen molar-refractivity contribution in [2.45, 2.75) is 431 Å². The summed E-state index contributed by atoms with van der Waals surface area (Å²) in [5, 5.41) is 10.7. The summed E-state index contributed by atoms with van der Waals surface area (Å²) in [6.07, 6.45) is 77.9. The molecule has 2 unspecified atom stereocenters. The molecule has 3 N–H and O–H groups in total. The number of phosphoric acid groups is 2.